The number of methoxy groups -OCH3 is 3. The van der Waals surface area contributed by atoms with Crippen molar-refractivity contribution >= 4 is 5.91 Å². The number of carbonyl (C=O) groups is 1. The molecule has 1 amide bonds. The molecule has 0 N–H and O–H groups in total. The van der Waals surface area contributed by atoms with Gasteiger partial charge in [-0.1, -0.05) is 6.07 Å². The maximum absolute atomic E-state index is 13.5. The van der Waals surface area contributed by atoms with Gasteiger partial charge in [0.2, 0.25) is 5.69 Å². The van der Waals surface area contributed by atoms with E-state index in [9.17, 15) is 9.90 Å². The Bertz CT molecular complexity index is 1050. The van der Waals surface area contributed by atoms with Gasteiger partial charge in [0.25, 0.3) is 11.6 Å². The van der Waals surface area contributed by atoms with E-state index < -0.39 is 5.95 Å². The van der Waals surface area contributed by atoms with Gasteiger partial charge in [-0.3, -0.25) is 4.79 Å². The molecule has 0 radical (unpaired) electrons. The van der Waals surface area contributed by atoms with Crippen LogP contribution >= 0.6 is 0 Å². The van der Waals surface area contributed by atoms with Gasteiger partial charge in [-0.2, -0.15) is 0 Å². The number of aromatic nitrogens is 2. The molecule has 0 bridgehead atoms. The summed E-state index contributed by atoms with van der Waals surface area (Å²) in [5.41, 5.74) is 1.19. The van der Waals surface area contributed by atoms with E-state index in [-0.39, 0.29) is 24.2 Å². The van der Waals surface area contributed by atoms with Gasteiger partial charge in [-0.15, -0.1) is 0 Å². The first kappa shape index (κ1) is 20.5. The molecular formula is C22H23N3O6. The van der Waals surface area contributed by atoms with Crippen LogP contribution in [0.15, 0.2) is 47.0 Å². The first-order valence-corrected chi connectivity index (χ1v) is 9.81. The third-order valence-electron chi connectivity index (χ3n) is 5.22. The molecule has 9 nitrogen and oxygen atoms in total. The van der Waals surface area contributed by atoms with Crippen LogP contribution in [-0.2, 0) is 6.54 Å². The Morgan fingerprint density at radius 3 is 2.29 bits per heavy atom. The van der Waals surface area contributed by atoms with Crippen LogP contribution in [0.2, 0.25) is 0 Å². The van der Waals surface area contributed by atoms with E-state index in [1.54, 1.807) is 54.5 Å². The molecule has 0 spiro atoms. The van der Waals surface area contributed by atoms with Gasteiger partial charge in [0.15, 0.2) is 5.95 Å². The Balaban J connectivity index is 1.70. The lowest BCUT2D eigenvalue weighted by atomic mass is 10.1. The fourth-order valence-corrected chi connectivity index (χ4v) is 3.44. The summed E-state index contributed by atoms with van der Waals surface area (Å²) in [5.74, 6) is 0.617. The van der Waals surface area contributed by atoms with Crippen LogP contribution in [0.3, 0.4) is 0 Å². The molecule has 31 heavy (non-hydrogen) atoms. The number of carbonyl (C=O) groups excluding carboxylic acids is 1. The third-order valence-corrected chi connectivity index (χ3v) is 5.22. The van der Waals surface area contributed by atoms with Crippen LogP contribution in [0.1, 0.15) is 28.9 Å². The van der Waals surface area contributed by atoms with E-state index in [1.165, 1.54) is 18.9 Å². The second-order valence-corrected chi connectivity index (χ2v) is 7.12. The number of hydrogen-bond acceptors (Lipinski definition) is 7. The Morgan fingerprint density at radius 2 is 1.74 bits per heavy atom. The van der Waals surface area contributed by atoms with Gasteiger partial charge in [0, 0.05) is 18.2 Å². The van der Waals surface area contributed by atoms with Crippen LogP contribution < -0.4 is 24.0 Å². The summed E-state index contributed by atoms with van der Waals surface area (Å²) in [4.78, 5) is 15.2. The Hall–Kier alpha value is -3.75. The average Bonchev–Trinajstić information content (AvgIpc) is 3.59. The Morgan fingerprint density at radius 1 is 1.10 bits per heavy atom. The lowest BCUT2D eigenvalue weighted by Gasteiger charge is -2.23. The Labute approximate surface area is 179 Å². The number of hydrogen-bond donors (Lipinski definition) is 0. The molecule has 1 fully saturated rings. The molecular weight excluding hydrogens is 402 g/mol. The quantitative estimate of drug-likeness (QED) is 0.508. The van der Waals surface area contributed by atoms with E-state index in [4.69, 9.17) is 18.7 Å². The molecule has 1 aliphatic rings. The fourth-order valence-electron chi connectivity index (χ4n) is 3.44. The van der Waals surface area contributed by atoms with E-state index in [0.717, 1.165) is 12.8 Å². The van der Waals surface area contributed by atoms with E-state index in [1.807, 2.05) is 0 Å². The zero-order valence-corrected chi connectivity index (χ0v) is 17.5. The van der Waals surface area contributed by atoms with Crippen LogP contribution in [-0.4, -0.2) is 43.4 Å². The van der Waals surface area contributed by atoms with Crippen molar-refractivity contribution in [1.29, 1.82) is 0 Å². The highest BCUT2D eigenvalue weighted by Crippen LogP contribution is 2.35. The topological polar surface area (TPSA) is 101 Å². The second-order valence-electron chi connectivity index (χ2n) is 7.12. The van der Waals surface area contributed by atoms with Crippen molar-refractivity contribution < 1.29 is 33.3 Å². The van der Waals surface area contributed by atoms with Gasteiger partial charge in [-0.25, -0.2) is 0 Å². The van der Waals surface area contributed by atoms with Gasteiger partial charge >= 0.3 is 0 Å². The van der Waals surface area contributed by atoms with Crippen LogP contribution in [0, 0.1) is 0 Å². The van der Waals surface area contributed by atoms with E-state index in [2.05, 4.69) is 5.27 Å². The first-order chi connectivity index (χ1) is 15.1. The SMILES string of the molecule is COc1ccc(-[n+]2noc([O-])c2CN(C(=O)c2c(OC)cccc2OC)C2CC2)cc1. The Kier molecular flexibility index (Phi) is 5.66. The second kappa shape index (κ2) is 8.55. The van der Waals surface area contributed by atoms with Crippen molar-refractivity contribution in [2.75, 3.05) is 21.3 Å². The summed E-state index contributed by atoms with van der Waals surface area (Å²) >= 11 is 0. The van der Waals surface area contributed by atoms with Gasteiger partial charge < -0.3 is 28.7 Å². The molecule has 0 atom stereocenters. The van der Waals surface area contributed by atoms with Crippen molar-refractivity contribution in [1.82, 2.24) is 10.2 Å². The summed E-state index contributed by atoms with van der Waals surface area (Å²) in [6, 6.07) is 12.2. The molecule has 2 aromatic carbocycles. The molecule has 0 unspecified atom stereocenters. The number of ether oxygens (including phenoxy) is 3. The van der Waals surface area contributed by atoms with Crippen molar-refractivity contribution in [3.63, 3.8) is 0 Å². The lowest BCUT2D eigenvalue weighted by molar-refractivity contribution is -0.678. The van der Waals surface area contributed by atoms with Crippen molar-refractivity contribution in [3.05, 3.63) is 53.7 Å². The first-order valence-electron chi connectivity index (χ1n) is 9.81. The predicted molar refractivity (Wildman–Crippen MR) is 106 cm³/mol. The fraction of sp³-hybridized carbons (Fsp3) is 0.318. The lowest BCUT2D eigenvalue weighted by Crippen LogP contribution is -2.42. The number of benzene rings is 2. The molecule has 4 rings (SSSR count). The highest BCUT2D eigenvalue weighted by molar-refractivity contribution is 6.00. The zero-order valence-electron chi connectivity index (χ0n) is 17.5. The smallest absolute Gasteiger partial charge is 0.262 e. The molecule has 162 valence electrons. The maximum Gasteiger partial charge on any atom is 0.262 e. The van der Waals surface area contributed by atoms with Gasteiger partial charge in [-0.05, 0) is 41.8 Å². The summed E-state index contributed by atoms with van der Waals surface area (Å²) in [6.07, 6.45) is 1.70. The molecule has 9 heteroatoms. The summed E-state index contributed by atoms with van der Waals surface area (Å²) < 4.78 is 22.3. The molecule has 0 aliphatic heterocycles. The number of rotatable bonds is 8. The van der Waals surface area contributed by atoms with Crippen LogP contribution in [0.4, 0.5) is 0 Å². The van der Waals surface area contributed by atoms with Crippen LogP contribution in [0.5, 0.6) is 23.2 Å². The van der Waals surface area contributed by atoms with E-state index >= 15 is 0 Å². The molecule has 1 aliphatic carbocycles. The minimum Gasteiger partial charge on any atom is -0.539 e. The maximum atomic E-state index is 13.5. The largest absolute Gasteiger partial charge is 0.539 e. The molecule has 1 aromatic heterocycles. The summed E-state index contributed by atoms with van der Waals surface area (Å²) in [5, 5.41) is 16.3. The summed E-state index contributed by atoms with van der Waals surface area (Å²) in [6.45, 7) is 0.0407. The zero-order chi connectivity index (χ0) is 22.0. The molecule has 1 heterocycles. The highest BCUT2D eigenvalue weighted by Gasteiger charge is 2.38. The van der Waals surface area contributed by atoms with Gasteiger partial charge in [0.1, 0.15) is 29.4 Å². The molecule has 3 aromatic rings. The summed E-state index contributed by atoms with van der Waals surface area (Å²) in [7, 11) is 4.57. The van der Waals surface area contributed by atoms with Crippen molar-refractivity contribution in [2.24, 2.45) is 0 Å². The van der Waals surface area contributed by atoms with E-state index in [0.29, 0.717) is 28.5 Å². The molecule has 0 saturated heterocycles. The normalized spacial score (nSPS) is 13.0. The van der Waals surface area contributed by atoms with Crippen LogP contribution in [0.25, 0.3) is 5.69 Å². The van der Waals surface area contributed by atoms with Crippen molar-refractivity contribution in [2.45, 2.75) is 25.4 Å². The van der Waals surface area contributed by atoms with Gasteiger partial charge in [0.05, 0.1) is 26.6 Å². The number of nitrogens with zero attached hydrogens (tertiary/aromatic N) is 3. The standard InChI is InChI=1S/C22H23N3O6/c1-28-16-11-9-15(10-12-16)25-17(22(27)31-23-25)13-24(14-7-8-14)21(26)20-18(29-2)5-4-6-19(20)30-3/h4-6,9-12,14H,7-8,13H2,1-3H3. The third kappa shape index (κ3) is 3.98. The average molecular weight is 425 g/mol. The molecule has 1 saturated carbocycles. The van der Waals surface area contributed by atoms with Crippen molar-refractivity contribution in [3.8, 4) is 28.9 Å². The highest BCUT2D eigenvalue weighted by atomic mass is 16.6. The number of amides is 1. The minimum atomic E-state index is -0.596. The predicted octanol–water partition coefficient (Wildman–Crippen LogP) is 1.86. The monoisotopic (exact) mass is 425 g/mol. The minimum absolute atomic E-state index is 0.0146.